The van der Waals surface area contributed by atoms with E-state index in [0.717, 1.165) is 46.7 Å². The fraction of sp³-hybridized carbons (Fsp3) is 0.439. The number of hydrogen-bond acceptors (Lipinski definition) is 9. The molecule has 5 atom stereocenters. The van der Waals surface area contributed by atoms with Crippen LogP contribution in [-0.4, -0.2) is 59.9 Å². The molecule has 4 aromatic rings. The Bertz CT molecular complexity index is 2120. The molecule has 3 fully saturated rings. The average molecular weight is 778 g/mol. The molecule has 10 nitrogen and oxygen atoms in total. The number of pyridine rings is 2. The molecule has 3 aliphatic carbocycles. The summed E-state index contributed by atoms with van der Waals surface area (Å²) in [7, 11) is 2.95. The Hall–Kier alpha value is -4.43. The van der Waals surface area contributed by atoms with Crippen molar-refractivity contribution >= 4 is 17.5 Å². The minimum absolute atomic E-state index is 0.0659. The number of methoxy groups -OCH3 is 2. The van der Waals surface area contributed by atoms with E-state index in [1.54, 1.807) is 7.11 Å². The number of carbonyl (C=O) groups is 1. The second-order valence-corrected chi connectivity index (χ2v) is 15.4. The number of aliphatic hydroxyl groups is 1. The molecule has 14 heteroatoms. The second-order valence-electron chi connectivity index (χ2n) is 15.0. The van der Waals surface area contributed by atoms with E-state index in [1.165, 1.54) is 7.11 Å². The minimum atomic E-state index is -4.71. The number of nitrogens with one attached hydrogen (secondary N) is 3. The zero-order valence-corrected chi connectivity index (χ0v) is 31.3. The van der Waals surface area contributed by atoms with Gasteiger partial charge in [-0.25, -0.2) is 4.98 Å². The summed E-state index contributed by atoms with van der Waals surface area (Å²) in [6.45, 7) is 1.90. The third kappa shape index (κ3) is 7.47. The van der Waals surface area contributed by atoms with E-state index in [1.807, 2.05) is 48.5 Å². The molecule has 3 heterocycles. The van der Waals surface area contributed by atoms with Crippen molar-refractivity contribution in [1.29, 1.82) is 0 Å². The Morgan fingerprint density at radius 1 is 0.891 bits per heavy atom. The smallest absolute Gasteiger partial charge is 0.421 e. The molecule has 2 aromatic carbocycles. The van der Waals surface area contributed by atoms with E-state index in [0.29, 0.717) is 73.4 Å². The number of nitrogens with zero attached hydrogens (tertiary/aromatic N) is 2. The van der Waals surface area contributed by atoms with Crippen LogP contribution >= 0.6 is 11.6 Å². The van der Waals surface area contributed by atoms with Crippen LogP contribution in [0.2, 0.25) is 5.02 Å². The van der Waals surface area contributed by atoms with Crippen LogP contribution in [0.25, 0.3) is 22.4 Å². The third-order valence-corrected chi connectivity index (χ3v) is 11.9. The number of aromatic nitrogens is 2. The van der Waals surface area contributed by atoms with Crippen molar-refractivity contribution < 1.29 is 37.3 Å². The van der Waals surface area contributed by atoms with Gasteiger partial charge in [0, 0.05) is 54.4 Å². The molecular formula is C41H43ClF3N5O5. The van der Waals surface area contributed by atoms with Crippen molar-refractivity contribution in [2.45, 2.75) is 75.5 Å². The number of fused-ring (bicyclic) bond motifs is 2. The maximum atomic E-state index is 14.5. The Morgan fingerprint density at radius 2 is 1.62 bits per heavy atom. The van der Waals surface area contributed by atoms with Crippen molar-refractivity contribution in [2.75, 3.05) is 27.3 Å². The molecule has 2 saturated carbocycles. The first-order valence-corrected chi connectivity index (χ1v) is 19.0. The lowest BCUT2D eigenvalue weighted by Gasteiger charge is -2.30. The van der Waals surface area contributed by atoms with Gasteiger partial charge in [0.1, 0.15) is 11.7 Å². The third-order valence-electron chi connectivity index (χ3n) is 11.5. The van der Waals surface area contributed by atoms with Crippen LogP contribution < -0.4 is 30.2 Å². The van der Waals surface area contributed by atoms with Crippen LogP contribution in [0.5, 0.6) is 17.6 Å². The molecule has 1 unspecified atom stereocenters. The largest absolute Gasteiger partial charge is 0.481 e. The zero-order chi connectivity index (χ0) is 38.5. The summed E-state index contributed by atoms with van der Waals surface area (Å²) in [6, 6.07) is 16.4. The fourth-order valence-corrected chi connectivity index (χ4v) is 8.85. The van der Waals surface area contributed by atoms with Crippen molar-refractivity contribution in [3.05, 3.63) is 87.4 Å². The highest BCUT2D eigenvalue weighted by Crippen LogP contribution is 2.63. The van der Waals surface area contributed by atoms with Gasteiger partial charge in [-0.2, -0.15) is 18.2 Å². The summed E-state index contributed by atoms with van der Waals surface area (Å²) < 4.78 is 60.7. The van der Waals surface area contributed by atoms with Crippen LogP contribution in [0.15, 0.2) is 54.6 Å². The summed E-state index contributed by atoms with van der Waals surface area (Å²) in [5.74, 6) is 0.671. The SMILES string of the molecule is COc1nc(-c2cccc(-c3cccc4c3CC[C@@H]4Oc3nc(OC)c(CNC[C@@H]4C[C@]5(O)CC45)cc3C(F)(F)F)c2Cl)ccc1CNC[C@@H]1CCC(=O)N1. The van der Waals surface area contributed by atoms with Gasteiger partial charge in [0.05, 0.1) is 30.5 Å². The summed E-state index contributed by atoms with van der Waals surface area (Å²) in [5, 5.41) is 20.1. The van der Waals surface area contributed by atoms with Crippen LogP contribution in [0.1, 0.15) is 66.0 Å². The van der Waals surface area contributed by atoms with E-state index < -0.39 is 29.3 Å². The monoisotopic (exact) mass is 777 g/mol. The zero-order valence-electron chi connectivity index (χ0n) is 30.6. The van der Waals surface area contributed by atoms with Gasteiger partial charge >= 0.3 is 6.18 Å². The van der Waals surface area contributed by atoms with Crippen LogP contribution in [0, 0.1) is 11.8 Å². The minimum Gasteiger partial charge on any atom is -0.481 e. The highest BCUT2D eigenvalue weighted by Gasteiger charge is 2.65. The summed E-state index contributed by atoms with van der Waals surface area (Å²) in [4.78, 5) is 20.6. The van der Waals surface area contributed by atoms with E-state index in [9.17, 15) is 23.1 Å². The van der Waals surface area contributed by atoms with Gasteiger partial charge < -0.3 is 35.3 Å². The molecule has 2 aromatic heterocycles. The van der Waals surface area contributed by atoms with E-state index in [-0.39, 0.29) is 35.9 Å². The quantitative estimate of drug-likeness (QED) is 0.110. The van der Waals surface area contributed by atoms with Crippen LogP contribution in [0.3, 0.4) is 0 Å². The van der Waals surface area contributed by atoms with Crippen molar-refractivity contribution in [2.24, 2.45) is 11.8 Å². The normalized spacial score (nSPS) is 23.8. The van der Waals surface area contributed by atoms with Gasteiger partial charge in [-0.1, -0.05) is 54.1 Å². The standard InChI is InChI=1S/C41H43ClF3N5O5/c1-53-37-22(18-47-21-25-10-14-35(51)48-25)9-12-33(49-37)30-8-4-7-29(36(30)42)26-5-3-6-28-27(26)11-13-34(28)55-39-31(41(43,44)45)15-23(38(50-39)54-2)19-46-20-24-16-40(52)17-32(24)40/h3-9,12,15,24-25,32,34,46-47,52H,10-11,13-14,16-21H2,1-2H3,(H,48,51)/t24-,25-,32?,34-,40-/m0/s1. The maximum absolute atomic E-state index is 14.5. The second kappa shape index (κ2) is 14.9. The molecule has 290 valence electrons. The predicted molar refractivity (Wildman–Crippen MR) is 200 cm³/mol. The number of ether oxygens (including phenoxy) is 3. The van der Waals surface area contributed by atoms with Gasteiger partial charge in [0.2, 0.25) is 23.5 Å². The lowest BCUT2D eigenvalue weighted by molar-refractivity contribution is -0.139. The fourth-order valence-electron chi connectivity index (χ4n) is 8.53. The van der Waals surface area contributed by atoms with Gasteiger partial charge in [0.15, 0.2) is 0 Å². The highest BCUT2D eigenvalue weighted by molar-refractivity contribution is 6.36. The predicted octanol–water partition coefficient (Wildman–Crippen LogP) is 6.80. The van der Waals surface area contributed by atoms with E-state index in [4.69, 9.17) is 30.8 Å². The Morgan fingerprint density at radius 3 is 2.33 bits per heavy atom. The van der Waals surface area contributed by atoms with Crippen LogP contribution in [0.4, 0.5) is 13.2 Å². The summed E-state index contributed by atoms with van der Waals surface area (Å²) >= 11 is 7.12. The molecule has 1 aliphatic heterocycles. The molecule has 4 N–H and O–H groups in total. The molecule has 8 rings (SSSR count). The molecule has 0 bridgehead atoms. The number of alkyl halides is 3. The molecule has 1 amide bonds. The number of amides is 1. The van der Waals surface area contributed by atoms with Crippen molar-refractivity contribution in [3.8, 4) is 40.0 Å². The number of benzene rings is 2. The summed E-state index contributed by atoms with van der Waals surface area (Å²) in [5.41, 5.74) is 4.34. The van der Waals surface area contributed by atoms with Gasteiger partial charge in [0.25, 0.3) is 0 Å². The Labute approximate surface area is 322 Å². The van der Waals surface area contributed by atoms with Gasteiger partial charge in [-0.3, -0.25) is 4.79 Å². The number of halogens is 4. The average Bonchev–Trinajstić information content (AvgIpc) is 3.46. The molecule has 0 radical (unpaired) electrons. The lowest BCUT2D eigenvalue weighted by atomic mass is 9.82. The van der Waals surface area contributed by atoms with Crippen molar-refractivity contribution in [1.82, 2.24) is 25.9 Å². The van der Waals surface area contributed by atoms with E-state index in [2.05, 4.69) is 20.9 Å². The lowest BCUT2D eigenvalue weighted by Crippen LogP contribution is -2.38. The highest BCUT2D eigenvalue weighted by atomic mass is 35.5. The molecule has 1 saturated heterocycles. The van der Waals surface area contributed by atoms with E-state index >= 15 is 0 Å². The first-order chi connectivity index (χ1) is 26.5. The molecule has 4 aliphatic rings. The summed E-state index contributed by atoms with van der Waals surface area (Å²) in [6.07, 6.45) is -1.51. The Balaban J connectivity index is 1.01. The maximum Gasteiger partial charge on any atom is 0.421 e. The Kier molecular flexibility index (Phi) is 10.2. The van der Waals surface area contributed by atoms with Crippen LogP contribution in [-0.2, 0) is 30.5 Å². The number of rotatable bonds is 14. The number of carbonyl (C=O) groups excluding carboxylic acids is 1. The van der Waals surface area contributed by atoms with Gasteiger partial charge in [-0.15, -0.1) is 0 Å². The molecular weight excluding hydrogens is 735 g/mol. The molecule has 0 spiro atoms. The number of hydrogen-bond donors (Lipinski definition) is 4. The topological polar surface area (TPSA) is 127 Å². The first-order valence-electron chi connectivity index (χ1n) is 18.7. The molecule has 55 heavy (non-hydrogen) atoms. The van der Waals surface area contributed by atoms with Crippen molar-refractivity contribution in [3.63, 3.8) is 0 Å². The first kappa shape index (κ1) is 37.5. The van der Waals surface area contributed by atoms with Gasteiger partial charge in [-0.05, 0) is 79.3 Å².